The van der Waals surface area contributed by atoms with E-state index in [4.69, 9.17) is 0 Å². The van der Waals surface area contributed by atoms with Gasteiger partial charge in [0.25, 0.3) is 7.52 Å². The number of carbonyl (C=O) groups excluding carboxylic acids is 1. The Morgan fingerprint density at radius 3 is 2.48 bits per heavy atom. The van der Waals surface area contributed by atoms with Crippen LogP contribution in [0.15, 0.2) is 24.3 Å². The van der Waals surface area contributed by atoms with Crippen LogP contribution in [0.25, 0.3) is 0 Å². The minimum Gasteiger partial charge on any atom is -0.545 e. The van der Waals surface area contributed by atoms with Gasteiger partial charge in [0.15, 0.2) is 0 Å². The number of carbonyl (C=O) groups is 1. The van der Waals surface area contributed by atoms with Crippen LogP contribution >= 0.6 is 7.52 Å². The Hall–Kier alpha value is -0.603. The number of aliphatic hydroxyl groups excluding tert-OH is 1. The van der Waals surface area contributed by atoms with Crippen LogP contribution in [0.4, 0.5) is 0 Å². The van der Waals surface area contributed by atoms with Crippen LogP contribution in [0.3, 0.4) is 0 Å². The number of hydrogen-bond acceptors (Lipinski definition) is 4. The zero-order valence-electron chi connectivity index (χ0n) is 16.5. The van der Waals surface area contributed by atoms with E-state index in [1.54, 1.807) is 26.0 Å². The molecule has 1 fully saturated rings. The zero-order valence-corrected chi connectivity index (χ0v) is 17.4. The summed E-state index contributed by atoms with van der Waals surface area (Å²) >= 11 is 0. The van der Waals surface area contributed by atoms with Gasteiger partial charge in [0.05, 0.1) is 12.1 Å². The van der Waals surface area contributed by atoms with Crippen LogP contribution in [0.5, 0.6) is 0 Å². The molecule has 3 atom stereocenters. The molecule has 27 heavy (non-hydrogen) atoms. The topological polar surface area (TPSA) is 101 Å². The summed E-state index contributed by atoms with van der Waals surface area (Å²) in [5.41, 5.74) is 0.650. The van der Waals surface area contributed by atoms with E-state index in [1.807, 2.05) is 0 Å². The van der Waals surface area contributed by atoms with E-state index in [2.05, 4.69) is 0 Å². The minimum absolute atomic E-state index is 0. The quantitative estimate of drug-likeness (QED) is 0.462. The first kappa shape index (κ1) is 24.4. The van der Waals surface area contributed by atoms with Gasteiger partial charge in [-0.25, -0.2) is 4.67 Å². The molecule has 0 saturated heterocycles. The van der Waals surface area contributed by atoms with Gasteiger partial charge in [-0.15, -0.1) is 0 Å². The van der Waals surface area contributed by atoms with Crippen molar-refractivity contribution in [2.45, 2.75) is 58.1 Å². The molecule has 1 saturated carbocycles. The fourth-order valence-corrected chi connectivity index (χ4v) is 6.15. The predicted molar refractivity (Wildman–Crippen MR) is 98.8 cm³/mol. The molecule has 1 aliphatic carbocycles. The number of carboxylic acids is 1. The first-order valence-electron chi connectivity index (χ1n) is 9.29. The molecular weight excluding hydrogens is 360 g/mol. The SMILES string of the molecule is C[C@H](O)CN([C@H](C)c1cccc(C(=O)[O-])c1)P(=O)(O)CC1CCCCC1.[Li+]. The molecule has 1 aromatic rings. The Morgan fingerprint density at radius 2 is 1.93 bits per heavy atom. The molecule has 0 spiro atoms. The Bertz CT molecular complexity index is 663. The monoisotopic (exact) mass is 389 g/mol. The summed E-state index contributed by atoms with van der Waals surface area (Å²) in [6.07, 6.45) is 4.71. The molecule has 0 bridgehead atoms. The molecule has 0 aliphatic heterocycles. The van der Waals surface area contributed by atoms with Crippen LogP contribution in [0, 0.1) is 5.92 Å². The first-order chi connectivity index (χ1) is 12.2. The van der Waals surface area contributed by atoms with Crippen molar-refractivity contribution in [3.05, 3.63) is 35.4 Å². The third-order valence-electron chi connectivity index (χ3n) is 5.13. The summed E-state index contributed by atoms with van der Waals surface area (Å²) in [6.45, 7) is 3.40. The number of carboxylic acid groups (broad SMARTS) is 1. The minimum atomic E-state index is -3.68. The van der Waals surface area contributed by atoms with Gasteiger partial charge in [-0.2, -0.15) is 0 Å². The average Bonchev–Trinajstić information content (AvgIpc) is 2.59. The molecule has 0 amide bonds. The third-order valence-corrected chi connectivity index (χ3v) is 7.43. The second-order valence-electron chi connectivity index (χ2n) is 7.41. The molecule has 1 aliphatic rings. The van der Waals surface area contributed by atoms with E-state index in [0.717, 1.165) is 25.7 Å². The van der Waals surface area contributed by atoms with Crippen molar-refractivity contribution in [1.29, 1.82) is 0 Å². The zero-order chi connectivity index (χ0) is 19.3. The fourth-order valence-electron chi connectivity index (χ4n) is 3.74. The van der Waals surface area contributed by atoms with E-state index >= 15 is 0 Å². The number of benzene rings is 1. The maximum atomic E-state index is 13.2. The van der Waals surface area contributed by atoms with Gasteiger partial charge in [0.1, 0.15) is 0 Å². The van der Waals surface area contributed by atoms with Crippen molar-refractivity contribution in [2.24, 2.45) is 5.92 Å². The number of nitrogens with zero attached hydrogens (tertiary/aromatic N) is 1. The number of hydrogen-bond donors (Lipinski definition) is 2. The van der Waals surface area contributed by atoms with Crippen molar-refractivity contribution in [2.75, 3.05) is 12.7 Å². The van der Waals surface area contributed by atoms with Crippen LogP contribution in [0.1, 0.15) is 67.9 Å². The van der Waals surface area contributed by atoms with Gasteiger partial charge in [-0.3, -0.25) is 4.57 Å². The van der Waals surface area contributed by atoms with Gasteiger partial charge in [0.2, 0.25) is 0 Å². The second kappa shape index (κ2) is 10.8. The smallest absolute Gasteiger partial charge is 0.545 e. The van der Waals surface area contributed by atoms with Crippen molar-refractivity contribution < 1.29 is 43.3 Å². The molecule has 0 radical (unpaired) electrons. The molecule has 8 heteroatoms. The van der Waals surface area contributed by atoms with Gasteiger partial charge >= 0.3 is 18.9 Å². The Morgan fingerprint density at radius 1 is 1.30 bits per heavy atom. The van der Waals surface area contributed by atoms with E-state index in [1.165, 1.54) is 23.2 Å². The van der Waals surface area contributed by atoms with Crippen LogP contribution in [0.2, 0.25) is 0 Å². The van der Waals surface area contributed by atoms with Gasteiger partial charge in [-0.1, -0.05) is 37.5 Å². The maximum Gasteiger partial charge on any atom is 1.00 e. The molecule has 2 rings (SSSR count). The van der Waals surface area contributed by atoms with Crippen LogP contribution in [-0.2, 0) is 4.57 Å². The standard InChI is InChI=1S/C19H30NO5P.Li/c1-14(21)12-20(26(24,25)13-16-7-4-3-5-8-16)15(2)17-9-6-10-18(11-17)19(22)23;/h6,9-11,14-16,21H,3-5,7-8,12-13H2,1-2H3,(H,22,23)(H,24,25);/q;+1/p-1/t14-,15+;/m0./s1. The van der Waals surface area contributed by atoms with E-state index in [-0.39, 0.29) is 43.0 Å². The normalized spacial score (nSPS) is 19.7. The Kier molecular flexibility index (Phi) is 9.78. The van der Waals surface area contributed by atoms with Crippen molar-refractivity contribution >= 4 is 13.5 Å². The summed E-state index contributed by atoms with van der Waals surface area (Å²) in [4.78, 5) is 21.9. The molecule has 2 N–H and O–H groups in total. The van der Waals surface area contributed by atoms with Crippen molar-refractivity contribution in [3.63, 3.8) is 0 Å². The second-order valence-corrected chi connectivity index (χ2v) is 9.62. The molecular formula is C19H29LiNO5P. The molecule has 1 unspecified atom stereocenters. The van der Waals surface area contributed by atoms with Crippen molar-refractivity contribution in [3.8, 4) is 0 Å². The molecule has 146 valence electrons. The molecule has 0 aromatic heterocycles. The van der Waals surface area contributed by atoms with E-state index < -0.39 is 25.6 Å². The third kappa shape index (κ3) is 7.05. The van der Waals surface area contributed by atoms with Crippen LogP contribution < -0.4 is 24.0 Å². The van der Waals surface area contributed by atoms with Crippen LogP contribution in [-0.4, -0.2) is 39.5 Å². The van der Waals surface area contributed by atoms with Crippen molar-refractivity contribution in [1.82, 2.24) is 4.67 Å². The summed E-state index contributed by atoms with van der Waals surface area (Å²) < 4.78 is 14.6. The summed E-state index contributed by atoms with van der Waals surface area (Å²) in [6, 6.07) is 5.73. The maximum absolute atomic E-state index is 13.2. The summed E-state index contributed by atoms with van der Waals surface area (Å²) in [7, 11) is -3.68. The van der Waals surface area contributed by atoms with Gasteiger partial charge in [0, 0.05) is 18.7 Å². The molecule has 1 aromatic carbocycles. The Balaban J connectivity index is 0.00000364. The predicted octanol–water partition coefficient (Wildman–Crippen LogP) is -0.436. The van der Waals surface area contributed by atoms with E-state index in [9.17, 15) is 24.5 Å². The first-order valence-corrected chi connectivity index (χ1v) is 11.1. The average molecular weight is 389 g/mol. The molecule has 6 nitrogen and oxygen atoms in total. The summed E-state index contributed by atoms with van der Waals surface area (Å²) in [5.74, 6) is -1.06. The number of rotatable bonds is 8. The fraction of sp³-hybridized carbons (Fsp3) is 0.632. The largest absolute Gasteiger partial charge is 1.00 e. The number of aliphatic hydroxyl groups is 1. The van der Waals surface area contributed by atoms with Gasteiger partial charge in [-0.05, 0) is 49.8 Å². The summed E-state index contributed by atoms with van der Waals surface area (Å²) in [5, 5.41) is 21.0. The van der Waals surface area contributed by atoms with Gasteiger partial charge < -0.3 is 19.9 Å². The molecule has 0 heterocycles. The Labute approximate surface area is 173 Å². The van der Waals surface area contributed by atoms with E-state index in [0.29, 0.717) is 5.56 Å². The number of aromatic carboxylic acids is 1.